The van der Waals surface area contributed by atoms with E-state index >= 15 is 0 Å². The van der Waals surface area contributed by atoms with Crippen LogP contribution in [0.15, 0.2) is 49.1 Å². The van der Waals surface area contributed by atoms with E-state index in [1.54, 1.807) is 26.4 Å². The third kappa shape index (κ3) is 5.66. The SMILES string of the molecule is C=CCc1cc(C(=O)NCC(c2cccc(C)c2)N2CCOCC2)cc(OC)c1OC. The quantitative estimate of drug-likeness (QED) is 0.624. The Kier molecular flexibility index (Phi) is 8.09. The predicted molar refractivity (Wildman–Crippen MR) is 122 cm³/mol. The van der Waals surface area contributed by atoms with Crippen molar-refractivity contribution in [1.82, 2.24) is 10.2 Å². The number of ether oxygens (including phenoxy) is 3. The highest BCUT2D eigenvalue weighted by Gasteiger charge is 2.24. The molecule has 6 nitrogen and oxygen atoms in total. The van der Waals surface area contributed by atoms with Crippen LogP contribution in [-0.4, -0.2) is 57.9 Å². The molecule has 31 heavy (non-hydrogen) atoms. The van der Waals surface area contributed by atoms with E-state index in [4.69, 9.17) is 14.2 Å². The molecule has 1 aliphatic rings. The van der Waals surface area contributed by atoms with Gasteiger partial charge in [-0.3, -0.25) is 9.69 Å². The Labute approximate surface area is 184 Å². The van der Waals surface area contributed by atoms with Crippen LogP contribution in [0.4, 0.5) is 0 Å². The lowest BCUT2D eigenvalue weighted by Crippen LogP contribution is -2.43. The molecule has 0 bridgehead atoms. The van der Waals surface area contributed by atoms with E-state index < -0.39 is 0 Å². The van der Waals surface area contributed by atoms with Crippen LogP contribution in [0.2, 0.25) is 0 Å². The topological polar surface area (TPSA) is 60.0 Å². The number of aryl methyl sites for hydroxylation is 1. The number of amides is 1. The van der Waals surface area contributed by atoms with Gasteiger partial charge in [-0.25, -0.2) is 0 Å². The Hall–Kier alpha value is -2.83. The van der Waals surface area contributed by atoms with Gasteiger partial charge >= 0.3 is 0 Å². The van der Waals surface area contributed by atoms with Crippen LogP contribution in [0, 0.1) is 6.92 Å². The summed E-state index contributed by atoms with van der Waals surface area (Å²) >= 11 is 0. The summed E-state index contributed by atoms with van der Waals surface area (Å²) < 4.78 is 16.5. The maximum absolute atomic E-state index is 13.1. The first-order chi connectivity index (χ1) is 15.1. The van der Waals surface area contributed by atoms with Gasteiger partial charge < -0.3 is 19.5 Å². The largest absolute Gasteiger partial charge is 0.493 e. The third-order valence-corrected chi connectivity index (χ3v) is 5.55. The molecule has 1 amide bonds. The molecule has 1 atom stereocenters. The molecule has 6 heteroatoms. The summed E-state index contributed by atoms with van der Waals surface area (Å²) in [6.45, 7) is 9.49. The first-order valence-electron chi connectivity index (χ1n) is 10.6. The second-order valence-corrected chi connectivity index (χ2v) is 7.65. The van der Waals surface area contributed by atoms with Gasteiger partial charge in [0.1, 0.15) is 0 Å². The molecule has 0 aliphatic carbocycles. The van der Waals surface area contributed by atoms with Gasteiger partial charge in [0.15, 0.2) is 11.5 Å². The molecular weight excluding hydrogens is 392 g/mol. The molecule has 1 fully saturated rings. The van der Waals surface area contributed by atoms with E-state index in [0.29, 0.717) is 43.2 Å². The van der Waals surface area contributed by atoms with Crippen LogP contribution in [-0.2, 0) is 11.2 Å². The molecule has 166 valence electrons. The first-order valence-corrected chi connectivity index (χ1v) is 10.6. The summed E-state index contributed by atoms with van der Waals surface area (Å²) in [6.07, 6.45) is 2.37. The minimum absolute atomic E-state index is 0.0838. The monoisotopic (exact) mass is 424 g/mol. The Morgan fingerprint density at radius 2 is 2.00 bits per heavy atom. The smallest absolute Gasteiger partial charge is 0.251 e. The molecule has 0 saturated carbocycles. The van der Waals surface area contributed by atoms with Gasteiger partial charge in [-0.15, -0.1) is 6.58 Å². The Balaban J connectivity index is 1.82. The number of hydrogen-bond acceptors (Lipinski definition) is 5. The van der Waals surface area contributed by atoms with Crippen molar-refractivity contribution in [3.63, 3.8) is 0 Å². The van der Waals surface area contributed by atoms with Crippen LogP contribution in [0.25, 0.3) is 0 Å². The summed E-state index contributed by atoms with van der Waals surface area (Å²) in [6, 6.07) is 12.1. The Bertz CT molecular complexity index is 906. The highest BCUT2D eigenvalue weighted by Crippen LogP contribution is 2.33. The molecule has 3 rings (SSSR count). The standard InChI is InChI=1S/C25H32N2O4/c1-5-7-20-15-21(16-23(29-3)24(20)30-4)25(28)26-17-22(27-10-12-31-13-11-27)19-9-6-8-18(2)14-19/h5-6,8-9,14-16,22H,1,7,10-13,17H2,2-4H3,(H,26,28). The van der Waals surface area contributed by atoms with Gasteiger partial charge in [-0.05, 0) is 31.0 Å². The molecule has 0 radical (unpaired) electrons. The fourth-order valence-corrected chi connectivity index (χ4v) is 4.00. The van der Waals surface area contributed by atoms with Crippen LogP contribution in [0.1, 0.15) is 33.1 Å². The van der Waals surface area contributed by atoms with Crippen molar-refractivity contribution in [2.45, 2.75) is 19.4 Å². The molecule has 1 N–H and O–H groups in total. The van der Waals surface area contributed by atoms with Crippen LogP contribution >= 0.6 is 0 Å². The number of hydrogen-bond donors (Lipinski definition) is 1. The number of allylic oxidation sites excluding steroid dienone is 1. The zero-order valence-electron chi connectivity index (χ0n) is 18.6. The van der Waals surface area contributed by atoms with E-state index in [0.717, 1.165) is 18.7 Å². The van der Waals surface area contributed by atoms with Crippen molar-refractivity contribution in [1.29, 1.82) is 0 Å². The van der Waals surface area contributed by atoms with Crippen LogP contribution < -0.4 is 14.8 Å². The summed E-state index contributed by atoms with van der Waals surface area (Å²) in [7, 11) is 3.17. The number of benzene rings is 2. The molecular formula is C25H32N2O4. The summed E-state index contributed by atoms with van der Waals surface area (Å²) in [5.41, 5.74) is 3.81. The molecule has 2 aromatic rings. The Morgan fingerprint density at radius 3 is 2.65 bits per heavy atom. The second kappa shape index (κ2) is 11.0. The lowest BCUT2D eigenvalue weighted by atomic mass is 10.0. The molecule has 1 heterocycles. The number of nitrogens with zero attached hydrogens (tertiary/aromatic N) is 1. The minimum atomic E-state index is -0.142. The third-order valence-electron chi connectivity index (χ3n) is 5.55. The normalized spacial score (nSPS) is 15.2. The highest BCUT2D eigenvalue weighted by molar-refractivity contribution is 5.95. The fraction of sp³-hybridized carbons (Fsp3) is 0.400. The first kappa shape index (κ1) is 22.8. The molecule has 1 unspecified atom stereocenters. The zero-order valence-corrected chi connectivity index (χ0v) is 18.6. The lowest BCUT2D eigenvalue weighted by molar-refractivity contribution is 0.0162. The fourth-order valence-electron chi connectivity index (χ4n) is 4.00. The average Bonchev–Trinajstić information content (AvgIpc) is 2.79. The van der Waals surface area contributed by atoms with Crippen molar-refractivity contribution in [3.8, 4) is 11.5 Å². The van der Waals surface area contributed by atoms with E-state index in [1.807, 2.05) is 6.07 Å². The summed E-state index contributed by atoms with van der Waals surface area (Å²) in [4.78, 5) is 15.4. The maximum atomic E-state index is 13.1. The van der Waals surface area contributed by atoms with Gasteiger partial charge in [0.25, 0.3) is 5.91 Å². The molecule has 1 aliphatic heterocycles. The number of carbonyl (C=O) groups excluding carboxylic acids is 1. The maximum Gasteiger partial charge on any atom is 0.251 e. The number of carbonyl (C=O) groups is 1. The van der Waals surface area contributed by atoms with Gasteiger partial charge in [0.2, 0.25) is 0 Å². The van der Waals surface area contributed by atoms with E-state index in [1.165, 1.54) is 11.1 Å². The summed E-state index contributed by atoms with van der Waals surface area (Å²) in [5.74, 6) is 1.03. The lowest BCUT2D eigenvalue weighted by Gasteiger charge is -2.35. The van der Waals surface area contributed by atoms with Crippen molar-refractivity contribution in [3.05, 3.63) is 71.3 Å². The Morgan fingerprint density at radius 1 is 1.23 bits per heavy atom. The minimum Gasteiger partial charge on any atom is -0.493 e. The van der Waals surface area contributed by atoms with E-state index in [-0.39, 0.29) is 11.9 Å². The number of morpholine rings is 1. The molecule has 0 spiro atoms. The van der Waals surface area contributed by atoms with Crippen molar-refractivity contribution in [2.75, 3.05) is 47.1 Å². The predicted octanol–water partition coefficient (Wildman–Crippen LogP) is 3.54. The number of nitrogens with one attached hydrogen (secondary N) is 1. The van der Waals surface area contributed by atoms with E-state index in [2.05, 4.69) is 48.0 Å². The van der Waals surface area contributed by atoms with Crippen molar-refractivity contribution < 1.29 is 19.0 Å². The van der Waals surface area contributed by atoms with Crippen molar-refractivity contribution >= 4 is 5.91 Å². The molecule has 1 saturated heterocycles. The molecule has 0 aromatic heterocycles. The average molecular weight is 425 g/mol. The van der Waals surface area contributed by atoms with Gasteiger partial charge in [0.05, 0.1) is 33.5 Å². The van der Waals surface area contributed by atoms with E-state index in [9.17, 15) is 4.79 Å². The zero-order chi connectivity index (χ0) is 22.2. The van der Waals surface area contributed by atoms with Gasteiger partial charge in [0, 0.05) is 30.8 Å². The van der Waals surface area contributed by atoms with Gasteiger partial charge in [-0.1, -0.05) is 35.9 Å². The molecule has 2 aromatic carbocycles. The van der Waals surface area contributed by atoms with Crippen molar-refractivity contribution in [2.24, 2.45) is 0 Å². The second-order valence-electron chi connectivity index (χ2n) is 7.65. The van der Waals surface area contributed by atoms with Crippen LogP contribution in [0.3, 0.4) is 0 Å². The summed E-state index contributed by atoms with van der Waals surface area (Å²) in [5, 5.41) is 3.13. The van der Waals surface area contributed by atoms with Gasteiger partial charge in [-0.2, -0.15) is 0 Å². The number of methoxy groups -OCH3 is 2. The highest BCUT2D eigenvalue weighted by atomic mass is 16.5. The van der Waals surface area contributed by atoms with Crippen LogP contribution in [0.5, 0.6) is 11.5 Å². The number of rotatable bonds is 9.